The predicted octanol–water partition coefficient (Wildman–Crippen LogP) is 3.61. The fourth-order valence-electron chi connectivity index (χ4n) is 5.09. The number of nitrogens with two attached hydrogens (primary N) is 1. The molecule has 35 heavy (non-hydrogen) atoms. The first-order valence-electron chi connectivity index (χ1n) is 12.5. The molecule has 3 aromatic heterocycles. The minimum Gasteiger partial charge on any atom is -0.398 e. The lowest BCUT2D eigenvalue weighted by Gasteiger charge is -2.27. The van der Waals surface area contributed by atoms with Crippen LogP contribution in [0.2, 0.25) is 0 Å². The van der Waals surface area contributed by atoms with E-state index in [9.17, 15) is 0 Å². The quantitative estimate of drug-likeness (QED) is 0.368. The number of hydrogen-bond acceptors (Lipinski definition) is 8. The summed E-state index contributed by atoms with van der Waals surface area (Å²) in [7, 11) is 0. The summed E-state index contributed by atoms with van der Waals surface area (Å²) in [5.41, 5.74) is 11.5. The van der Waals surface area contributed by atoms with Crippen LogP contribution in [0.4, 0.5) is 17.5 Å². The van der Waals surface area contributed by atoms with Crippen molar-refractivity contribution < 1.29 is 0 Å². The third-order valence-electron chi connectivity index (χ3n) is 7.05. The lowest BCUT2D eigenvalue weighted by atomic mass is 10.1. The molecule has 4 heterocycles. The van der Waals surface area contributed by atoms with Gasteiger partial charge in [0.15, 0.2) is 17.0 Å². The standard InChI is InChI=1S/C26H31N9/c27-21-8-4-3-7-20(21)22-10-9-18(15-29-22)16-30-24-23-25(35(17-31-23)19-5-1-2-6-19)33-26(32-24)34-13-11-28-12-14-34/h3-4,7-10,15,17,19,28H,1-2,5-6,11-14,16,27H2,(H,30,32,33). The third-order valence-corrected chi connectivity index (χ3v) is 7.05. The number of imidazole rings is 1. The van der Waals surface area contributed by atoms with Gasteiger partial charge in [0.1, 0.15) is 0 Å². The average Bonchev–Trinajstić information content (AvgIpc) is 3.58. The van der Waals surface area contributed by atoms with Gasteiger partial charge in [-0.15, -0.1) is 0 Å². The summed E-state index contributed by atoms with van der Waals surface area (Å²) in [6.07, 6.45) is 8.74. The number of nitrogen functional groups attached to an aromatic ring is 1. The highest BCUT2D eigenvalue weighted by Crippen LogP contribution is 2.33. The Balaban J connectivity index is 1.28. The number of pyridine rings is 1. The van der Waals surface area contributed by atoms with E-state index in [0.717, 1.165) is 71.6 Å². The molecular weight excluding hydrogens is 438 g/mol. The van der Waals surface area contributed by atoms with Crippen molar-refractivity contribution in [2.45, 2.75) is 38.3 Å². The van der Waals surface area contributed by atoms with Gasteiger partial charge in [0.25, 0.3) is 0 Å². The summed E-state index contributed by atoms with van der Waals surface area (Å²) in [5.74, 6) is 1.55. The Morgan fingerprint density at radius 2 is 1.83 bits per heavy atom. The number of fused-ring (bicyclic) bond motifs is 1. The van der Waals surface area contributed by atoms with Crippen molar-refractivity contribution in [2.75, 3.05) is 42.1 Å². The van der Waals surface area contributed by atoms with E-state index in [1.54, 1.807) is 0 Å². The second-order valence-electron chi connectivity index (χ2n) is 9.36. The molecule has 1 saturated carbocycles. The van der Waals surface area contributed by atoms with Gasteiger partial charge in [-0.05, 0) is 30.5 Å². The summed E-state index contributed by atoms with van der Waals surface area (Å²) < 4.78 is 2.27. The van der Waals surface area contributed by atoms with Crippen molar-refractivity contribution in [3.63, 3.8) is 0 Å². The maximum Gasteiger partial charge on any atom is 0.229 e. The van der Waals surface area contributed by atoms with Gasteiger partial charge in [-0.2, -0.15) is 9.97 Å². The molecule has 4 aromatic rings. The van der Waals surface area contributed by atoms with Gasteiger partial charge in [-0.1, -0.05) is 37.1 Å². The SMILES string of the molecule is Nc1ccccc1-c1ccc(CNc2nc(N3CCNCC3)nc3c2ncn3C2CCCC2)cn1. The van der Waals surface area contributed by atoms with Crippen LogP contribution in [0.1, 0.15) is 37.3 Å². The molecule has 2 fully saturated rings. The Bertz CT molecular complexity index is 1300. The Kier molecular flexibility index (Phi) is 5.91. The van der Waals surface area contributed by atoms with Gasteiger partial charge in [0.05, 0.1) is 12.0 Å². The molecule has 0 radical (unpaired) electrons. The Hall–Kier alpha value is -3.72. The fourth-order valence-corrected chi connectivity index (χ4v) is 5.09. The van der Waals surface area contributed by atoms with Crippen molar-refractivity contribution in [1.82, 2.24) is 29.8 Å². The number of aromatic nitrogens is 5. The molecule has 1 saturated heterocycles. The minimum absolute atomic E-state index is 0.473. The van der Waals surface area contributed by atoms with E-state index in [4.69, 9.17) is 20.7 Å². The van der Waals surface area contributed by atoms with Gasteiger partial charge >= 0.3 is 0 Å². The number of nitrogens with one attached hydrogen (secondary N) is 2. The van der Waals surface area contributed by atoms with E-state index in [1.807, 2.05) is 42.9 Å². The molecule has 4 N–H and O–H groups in total. The van der Waals surface area contributed by atoms with Gasteiger partial charge < -0.3 is 25.8 Å². The third kappa shape index (κ3) is 4.39. The molecule has 0 bridgehead atoms. The Labute approximate surface area is 204 Å². The van der Waals surface area contributed by atoms with Gasteiger partial charge in [0.2, 0.25) is 5.95 Å². The lowest BCUT2D eigenvalue weighted by Crippen LogP contribution is -2.44. The first-order valence-corrected chi connectivity index (χ1v) is 12.5. The van der Waals surface area contributed by atoms with Crippen molar-refractivity contribution in [3.05, 3.63) is 54.5 Å². The largest absolute Gasteiger partial charge is 0.398 e. The smallest absolute Gasteiger partial charge is 0.229 e. The van der Waals surface area contributed by atoms with Crippen molar-refractivity contribution in [3.8, 4) is 11.3 Å². The number of rotatable bonds is 6. The summed E-state index contributed by atoms with van der Waals surface area (Å²) in [5, 5.41) is 6.93. The highest BCUT2D eigenvalue weighted by atomic mass is 15.3. The molecule has 6 rings (SSSR count). The molecule has 0 spiro atoms. The molecule has 180 valence electrons. The number of anilines is 3. The Morgan fingerprint density at radius 1 is 1.00 bits per heavy atom. The molecule has 0 atom stereocenters. The van der Waals surface area contributed by atoms with Crippen LogP contribution in [-0.2, 0) is 6.54 Å². The number of nitrogens with zero attached hydrogens (tertiary/aromatic N) is 6. The second kappa shape index (κ2) is 9.50. The zero-order valence-corrected chi connectivity index (χ0v) is 19.8. The summed E-state index contributed by atoms with van der Waals surface area (Å²) in [6, 6.07) is 12.4. The molecule has 2 aliphatic rings. The zero-order valence-electron chi connectivity index (χ0n) is 19.8. The van der Waals surface area contributed by atoms with Gasteiger partial charge in [-0.3, -0.25) is 4.98 Å². The number of hydrogen-bond donors (Lipinski definition) is 3. The van der Waals surface area contributed by atoms with Crippen LogP contribution in [0, 0.1) is 0 Å². The maximum atomic E-state index is 6.12. The highest BCUT2D eigenvalue weighted by molar-refractivity contribution is 5.84. The summed E-state index contributed by atoms with van der Waals surface area (Å²) >= 11 is 0. The molecular formula is C26H31N9. The number of piperazine rings is 1. The summed E-state index contributed by atoms with van der Waals surface area (Å²) in [6.45, 7) is 4.28. The first kappa shape index (κ1) is 21.8. The monoisotopic (exact) mass is 469 g/mol. The average molecular weight is 470 g/mol. The van der Waals surface area contributed by atoms with Gasteiger partial charge in [0, 0.05) is 56.2 Å². The highest BCUT2D eigenvalue weighted by Gasteiger charge is 2.23. The van der Waals surface area contributed by atoms with Crippen molar-refractivity contribution in [1.29, 1.82) is 0 Å². The predicted molar refractivity (Wildman–Crippen MR) is 139 cm³/mol. The van der Waals surface area contributed by atoms with E-state index < -0.39 is 0 Å². The molecule has 9 heteroatoms. The molecule has 1 aliphatic carbocycles. The fraction of sp³-hybridized carbons (Fsp3) is 0.385. The topological polar surface area (TPSA) is 110 Å². The van der Waals surface area contributed by atoms with E-state index in [1.165, 1.54) is 25.7 Å². The first-order chi connectivity index (χ1) is 17.3. The minimum atomic E-state index is 0.473. The molecule has 9 nitrogen and oxygen atoms in total. The van der Waals surface area contributed by atoms with Gasteiger partial charge in [-0.25, -0.2) is 4.98 Å². The Morgan fingerprint density at radius 3 is 2.60 bits per heavy atom. The number of para-hydroxylation sites is 1. The van der Waals surface area contributed by atoms with Crippen LogP contribution in [0.3, 0.4) is 0 Å². The van der Waals surface area contributed by atoms with Crippen LogP contribution in [-0.4, -0.2) is 50.7 Å². The normalized spacial score (nSPS) is 16.7. The van der Waals surface area contributed by atoms with Crippen LogP contribution < -0.4 is 21.3 Å². The lowest BCUT2D eigenvalue weighted by molar-refractivity contribution is 0.528. The van der Waals surface area contributed by atoms with E-state index >= 15 is 0 Å². The maximum absolute atomic E-state index is 6.12. The van der Waals surface area contributed by atoms with E-state index in [0.29, 0.717) is 12.6 Å². The van der Waals surface area contributed by atoms with Crippen LogP contribution >= 0.6 is 0 Å². The summed E-state index contributed by atoms with van der Waals surface area (Å²) in [4.78, 5) is 21.6. The van der Waals surface area contributed by atoms with Crippen molar-refractivity contribution >= 4 is 28.6 Å². The molecule has 0 amide bonds. The number of benzene rings is 1. The molecule has 0 unspecified atom stereocenters. The van der Waals surface area contributed by atoms with Crippen LogP contribution in [0.15, 0.2) is 48.9 Å². The zero-order chi connectivity index (χ0) is 23.6. The molecule has 1 aliphatic heterocycles. The van der Waals surface area contributed by atoms with E-state index in [-0.39, 0.29) is 0 Å². The van der Waals surface area contributed by atoms with Crippen LogP contribution in [0.25, 0.3) is 22.4 Å². The molecule has 1 aromatic carbocycles. The van der Waals surface area contributed by atoms with E-state index in [2.05, 4.69) is 31.2 Å². The van der Waals surface area contributed by atoms with Crippen molar-refractivity contribution in [2.24, 2.45) is 0 Å². The van der Waals surface area contributed by atoms with Crippen LogP contribution in [0.5, 0.6) is 0 Å². The second-order valence-corrected chi connectivity index (χ2v) is 9.36.